The lowest BCUT2D eigenvalue weighted by Gasteiger charge is -2.39. The van der Waals surface area contributed by atoms with Crippen molar-refractivity contribution in [2.45, 2.75) is 32.8 Å². The molecule has 2 aromatic rings. The van der Waals surface area contributed by atoms with E-state index in [0.717, 1.165) is 11.1 Å². The summed E-state index contributed by atoms with van der Waals surface area (Å²) in [7, 11) is 0. The van der Waals surface area contributed by atoms with Gasteiger partial charge in [0.1, 0.15) is 6.61 Å². The van der Waals surface area contributed by atoms with Crippen LogP contribution in [0.15, 0.2) is 60.7 Å². The number of hydrogen-bond donors (Lipinski definition) is 0. The van der Waals surface area contributed by atoms with Gasteiger partial charge in [0.15, 0.2) is 0 Å². The molecule has 0 N–H and O–H groups in total. The number of nitrogens with zero attached hydrogens (tertiary/aromatic N) is 1. The van der Waals surface area contributed by atoms with Crippen molar-refractivity contribution in [1.82, 2.24) is 4.90 Å². The highest BCUT2D eigenvalue weighted by Gasteiger charge is 2.43. The van der Waals surface area contributed by atoms with Crippen LogP contribution in [0.2, 0.25) is 0 Å². The summed E-state index contributed by atoms with van der Waals surface area (Å²) < 4.78 is 10.8. The Labute approximate surface area is 166 Å². The molecule has 1 fully saturated rings. The average Bonchev–Trinajstić information content (AvgIpc) is 2.74. The molecule has 5 nitrogen and oxygen atoms in total. The minimum Gasteiger partial charge on any atom is -0.466 e. The molecule has 0 unspecified atom stereocenters. The lowest BCUT2D eigenvalue weighted by Crippen LogP contribution is -2.48. The van der Waals surface area contributed by atoms with Crippen molar-refractivity contribution in [2.75, 3.05) is 19.7 Å². The van der Waals surface area contributed by atoms with Gasteiger partial charge in [-0.1, -0.05) is 60.7 Å². The van der Waals surface area contributed by atoms with Crippen LogP contribution in [0.4, 0.5) is 4.79 Å². The first-order valence-corrected chi connectivity index (χ1v) is 9.80. The molecular formula is C23H27NO4. The van der Waals surface area contributed by atoms with Crippen LogP contribution in [0.1, 0.15) is 30.9 Å². The topological polar surface area (TPSA) is 55.8 Å². The number of amides is 1. The molecule has 0 spiro atoms. The van der Waals surface area contributed by atoms with Crippen molar-refractivity contribution >= 4 is 12.1 Å². The standard InChI is InChI=1S/C23H27NO4/c1-2-27-21(25)23(17-19-9-5-3-6-10-19)13-15-24(16-14-23)22(26)28-18-20-11-7-4-8-12-20/h3-12H,2,13-18H2,1H3. The summed E-state index contributed by atoms with van der Waals surface area (Å²) in [5, 5.41) is 0. The van der Waals surface area contributed by atoms with Crippen molar-refractivity contribution in [3.05, 3.63) is 71.8 Å². The Morgan fingerprint density at radius 1 is 0.893 bits per heavy atom. The first-order valence-electron chi connectivity index (χ1n) is 9.80. The molecule has 1 aliphatic heterocycles. The third-order valence-electron chi connectivity index (χ3n) is 5.28. The van der Waals surface area contributed by atoms with E-state index in [4.69, 9.17) is 9.47 Å². The smallest absolute Gasteiger partial charge is 0.410 e. The fourth-order valence-corrected chi connectivity index (χ4v) is 3.65. The maximum absolute atomic E-state index is 12.8. The zero-order valence-corrected chi connectivity index (χ0v) is 16.3. The second kappa shape index (κ2) is 9.40. The molecule has 3 rings (SSSR count). The minimum atomic E-state index is -0.590. The fourth-order valence-electron chi connectivity index (χ4n) is 3.65. The van der Waals surface area contributed by atoms with E-state index in [9.17, 15) is 9.59 Å². The Hall–Kier alpha value is -2.82. The van der Waals surface area contributed by atoms with Gasteiger partial charge >= 0.3 is 12.1 Å². The number of likely N-dealkylation sites (tertiary alicyclic amines) is 1. The van der Waals surface area contributed by atoms with Gasteiger partial charge < -0.3 is 14.4 Å². The zero-order valence-electron chi connectivity index (χ0n) is 16.3. The highest BCUT2D eigenvalue weighted by molar-refractivity contribution is 5.78. The van der Waals surface area contributed by atoms with Gasteiger partial charge in [-0.3, -0.25) is 4.79 Å². The fraction of sp³-hybridized carbons (Fsp3) is 0.391. The third kappa shape index (κ3) is 4.91. The lowest BCUT2D eigenvalue weighted by atomic mass is 9.74. The van der Waals surface area contributed by atoms with Crippen LogP contribution >= 0.6 is 0 Å². The molecular weight excluding hydrogens is 354 g/mol. The number of hydrogen-bond acceptors (Lipinski definition) is 4. The number of ether oxygens (including phenoxy) is 2. The molecule has 0 saturated carbocycles. The number of piperidine rings is 1. The Morgan fingerprint density at radius 3 is 2.04 bits per heavy atom. The van der Waals surface area contributed by atoms with Crippen LogP contribution in [0.3, 0.4) is 0 Å². The van der Waals surface area contributed by atoms with Crippen LogP contribution in [0, 0.1) is 5.41 Å². The van der Waals surface area contributed by atoms with E-state index >= 15 is 0 Å². The number of esters is 1. The molecule has 0 radical (unpaired) electrons. The zero-order chi connectivity index (χ0) is 19.8. The second-order valence-corrected chi connectivity index (χ2v) is 7.19. The Morgan fingerprint density at radius 2 is 1.46 bits per heavy atom. The van der Waals surface area contributed by atoms with E-state index in [-0.39, 0.29) is 18.7 Å². The highest BCUT2D eigenvalue weighted by atomic mass is 16.6. The molecule has 2 aromatic carbocycles. The number of rotatable bonds is 6. The molecule has 0 aliphatic carbocycles. The molecule has 148 valence electrons. The minimum absolute atomic E-state index is 0.170. The van der Waals surface area contributed by atoms with Gasteiger partial charge in [-0.25, -0.2) is 4.79 Å². The highest BCUT2D eigenvalue weighted by Crippen LogP contribution is 2.37. The van der Waals surface area contributed by atoms with E-state index in [1.54, 1.807) is 4.90 Å². The van der Waals surface area contributed by atoms with Gasteiger partial charge in [0.05, 0.1) is 12.0 Å². The number of benzene rings is 2. The van der Waals surface area contributed by atoms with Gasteiger partial charge in [-0.15, -0.1) is 0 Å². The van der Waals surface area contributed by atoms with Crippen LogP contribution in [-0.4, -0.2) is 36.7 Å². The quantitative estimate of drug-likeness (QED) is 0.704. The molecule has 1 amide bonds. The van der Waals surface area contributed by atoms with Crippen molar-refractivity contribution in [3.63, 3.8) is 0 Å². The van der Waals surface area contributed by atoms with Crippen LogP contribution in [-0.2, 0) is 27.3 Å². The predicted octanol–water partition coefficient (Wildman–Crippen LogP) is 4.21. The van der Waals surface area contributed by atoms with Gasteiger partial charge in [0.25, 0.3) is 0 Å². The number of carbonyl (C=O) groups is 2. The summed E-state index contributed by atoms with van der Waals surface area (Å²) in [5.74, 6) is -0.170. The van der Waals surface area contributed by atoms with Crippen molar-refractivity contribution < 1.29 is 19.1 Å². The van der Waals surface area contributed by atoms with Gasteiger partial charge in [-0.2, -0.15) is 0 Å². The summed E-state index contributed by atoms with van der Waals surface area (Å²) in [6.07, 6.45) is 1.43. The summed E-state index contributed by atoms with van der Waals surface area (Å²) >= 11 is 0. The van der Waals surface area contributed by atoms with E-state index in [1.165, 1.54) is 0 Å². The molecule has 5 heteroatoms. The Bertz CT molecular complexity index is 768. The maximum atomic E-state index is 12.8. The molecule has 28 heavy (non-hydrogen) atoms. The SMILES string of the molecule is CCOC(=O)C1(Cc2ccccc2)CCN(C(=O)OCc2ccccc2)CC1. The summed E-state index contributed by atoms with van der Waals surface area (Å²) in [5.41, 5.74) is 1.47. The summed E-state index contributed by atoms with van der Waals surface area (Å²) in [4.78, 5) is 26.9. The van der Waals surface area contributed by atoms with Crippen molar-refractivity contribution in [3.8, 4) is 0 Å². The molecule has 0 aromatic heterocycles. The van der Waals surface area contributed by atoms with E-state index < -0.39 is 5.41 Å². The third-order valence-corrected chi connectivity index (χ3v) is 5.28. The predicted molar refractivity (Wildman–Crippen MR) is 107 cm³/mol. The largest absolute Gasteiger partial charge is 0.466 e. The van der Waals surface area contributed by atoms with Gasteiger partial charge in [0, 0.05) is 13.1 Å². The molecule has 0 atom stereocenters. The van der Waals surface area contributed by atoms with Gasteiger partial charge in [-0.05, 0) is 37.3 Å². The summed E-state index contributed by atoms with van der Waals surface area (Å²) in [6, 6.07) is 19.6. The van der Waals surface area contributed by atoms with E-state index in [2.05, 4.69) is 0 Å². The molecule has 1 aliphatic rings. The second-order valence-electron chi connectivity index (χ2n) is 7.19. The Balaban J connectivity index is 1.61. The number of carbonyl (C=O) groups excluding carboxylic acids is 2. The summed E-state index contributed by atoms with van der Waals surface area (Å²) in [6.45, 7) is 3.41. The van der Waals surface area contributed by atoms with E-state index in [1.807, 2.05) is 67.6 Å². The first kappa shape index (κ1) is 19.9. The molecule has 1 heterocycles. The van der Waals surface area contributed by atoms with E-state index in [0.29, 0.717) is 39.0 Å². The molecule has 0 bridgehead atoms. The monoisotopic (exact) mass is 381 g/mol. The first-order chi connectivity index (χ1) is 13.6. The van der Waals surface area contributed by atoms with Crippen LogP contribution in [0.25, 0.3) is 0 Å². The maximum Gasteiger partial charge on any atom is 0.410 e. The molecule has 1 saturated heterocycles. The van der Waals surface area contributed by atoms with Crippen molar-refractivity contribution in [1.29, 1.82) is 0 Å². The Kier molecular flexibility index (Phi) is 6.69. The van der Waals surface area contributed by atoms with Gasteiger partial charge in [0.2, 0.25) is 0 Å². The lowest BCUT2D eigenvalue weighted by molar-refractivity contribution is -0.158. The normalized spacial score (nSPS) is 15.7. The van der Waals surface area contributed by atoms with Crippen molar-refractivity contribution in [2.24, 2.45) is 5.41 Å². The van der Waals surface area contributed by atoms with Crippen LogP contribution in [0.5, 0.6) is 0 Å². The van der Waals surface area contributed by atoms with Crippen LogP contribution < -0.4 is 0 Å². The average molecular weight is 381 g/mol.